The number of amides is 1. The lowest BCUT2D eigenvalue weighted by molar-refractivity contribution is -0.149. The van der Waals surface area contributed by atoms with E-state index in [0.29, 0.717) is 18.8 Å². The van der Waals surface area contributed by atoms with Gasteiger partial charge in [-0.1, -0.05) is 19.4 Å². The topological polar surface area (TPSA) is 57.6 Å². The average Bonchev–Trinajstić information content (AvgIpc) is 3.13. The van der Waals surface area contributed by atoms with Crippen molar-refractivity contribution in [2.24, 2.45) is 17.8 Å². The normalized spacial score (nSPS) is 26.5. The summed E-state index contributed by atoms with van der Waals surface area (Å²) in [7, 11) is 1.78. The summed E-state index contributed by atoms with van der Waals surface area (Å²) in [5.41, 5.74) is 0. The highest BCUT2D eigenvalue weighted by molar-refractivity contribution is 7.10. The van der Waals surface area contributed by atoms with E-state index in [-0.39, 0.29) is 17.9 Å². The van der Waals surface area contributed by atoms with E-state index in [1.807, 2.05) is 24.4 Å². The summed E-state index contributed by atoms with van der Waals surface area (Å²) in [6.07, 6.45) is 2.27. The van der Waals surface area contributed by atoms with Gasteiger partial charge in [0.2, 0.25) is 5.91 Å². The molecule has 0 aromatic carbocycles. The first-order valence-electron chi connectivity index (χ1n) is 7.48. The molecule has 4 unspecified atom stereocenters. The van der Waals surface area contributed by atoms with E-state index in [1.165, 1.54) is 0 Å². The summed E-state index contributed by atoms with van der Waals surface area (Å²) in [5, 5.41) is 11.4. The molecule has 21 heavy (non-hydrogen) atoms. The van der Waals surface area contributed by atoms with Gasteiger partial charge in [-0.3, -0.25) is 9.59 Å². The van der Waals surface area contributed by atoms with Crippen LogP contribution in [-0.4, -0.2) is 28.9 Å². The van der Waals surface area contributed by atoms with Gasteiger partial charge >= 0.3 is 5.97 Å². The van der Waals surface area contributed by atoms with Crippen molar-refractivity contribution in [2.75, 3.05) is 7.05 Å². The van der Waals surface area contributed by atoms with E-state index in [2.05, 4.69) is 6.92 Å². The zero-order valence-corrected chi connectivity index (χ0v) is 13.6. The zero-order valence-electron chi connectivity index (χ0n) is 12.8. The van der Waals surface area contributed by atoms with Gasteiger partial charge in [-0.2, -0.15) is 0 Å². The highest BCUT2D eigenvalue weighted by atomic mass is 32.1. The standard InChI is InChI=1S/C16H23NO3S/c1-4-11-8-12(13(9-11)16(19)20)15(18)17(3)10(2)14-6-5-7-21-14/h5-7,10-13H,4,8-9H2,1-3H3,(H,19,20). The lowest BCUT2D eigenvalue weighted by atomic mass is 9.94. The van der Waals surface area contributed by atoms with Gasteiger partial charge in [0.25, 0.3) is 0 Å². The maximum absolute atomic E-state index is 12.7. The second kappa shape index (κ2) is 6.60. The Labute approximate surface area is 129 Å². The van der Waals surface area contributed by atoms with Gasteiger partial charge in [0.15, 0.2) is 0 Å². The molecule has 0 spiro atoms. The number of hydrogen-bond acceptors (Lipinski definition) is 3. The summed E-state index contributed by atoms with van der Waals surface area (Å²) in [6, 6.07) is 3.97. The molecule has 5 heteroatoms. The van der Waals surface area contributed by atoms with Crippen molar-refractivity contribution in [1.29, 1.82) is 0 Å². The number of carbonyl (C=O) groups excluding carboxylic acids is 1. The molecule has 1 aromatic rings. The lowest BCUT2D eigenvalue weighted by Crippen LogP contribution is -2.38. The summed E-state index contributed by atoms with van der Waals surface area (Å²) >= 11 is 1.62. The highest BCUT2D eigenvalue weighted by Gasteiger charge is 2.43. The zero-order chi connectivity index (χ0) is 15.6. The molecule has 1 fully saturated rings. The van der Waals surface area contributed by atoms with Gasteiger partial charge in [0.05, 0.1) is 17.9 Å². The molecule has 2 rings (SSSR count). The van der Waals surface area contributed by atoms with Gasteiger partial charge in [0.1, 0.15) is 0 Å². The quantitative estimate of drug-likeness (QED) is 0.907. The van der Waals surface area contributed by atoms with Crippen LogP contribution in [0.2, 0.25) is 0 Å². The lowest BCUT2D eigenvalue weighted by Gasteiger charge is -2.28. The minimum atomic E-state index is -0.832. The van der Waals surface area contributed by atoms with Gasteiger partial charge in [-0.15, -0.1) is 11.3 Å². The fraction of sp³-hybridized carbons (Fsp3) is 0.625. The third-order valence-electron chi connectivity index (χ3n) is 4.76. The minimum absolute atomic E-state index is 0.00683. The number of thiophene rings is 1. The molecule has 1 saturated carbocycles. The number of hydrogen-bond donors (Lipinski definition) is 1. The van der Waals surface area contributed by atoms with Crippen molar-refractivity contribution in [3.05, 3.63) is 22.4 Å². The van der Waals surface area contributed by atoms with Crippen LogP contribution in [0.25, 0.3) is 0 Å². The molecular formula is C16H23NO3S. The molecule has 0 aliphatic heterocycles. The van der Waals surface area contributed by atoms with Crippen LogP contribution in [0.3, 0.4) is 0 Å². The molecule has 4 atom stereocenters. The van der Waals surface area contributed by atoms with Crippen molar-refractivity contribution in [2.45, 2.75) is 39.2 Å². The third kappa shape index (κ3) is 3.28. The maximum atomic E-state index is 12.7. The fourth-order valence-electron chi connectivity index (χ4n) is 3.19. The van der Waals surface area contributed by atoms with Crippen molar-refractivity contribution in [3.63, 3.8) is 0 Å². The SMILES string of the molecule is CCC1CC(C(=O)O)C(C(=O)N(C)C(C)c2cccs2)C1. The number of aliphatic carboxylic acids is 1. The summed E-state index contributed by atoms with van der Waals surface area (Å²) in [5.74, 6) is -1.41. The number of carbonyl (C=O) groups is 2. The number of carboxylic acid groups (broad SMARTS) is 1. The second-order valence-electron chi connectivity index (χ2n) is 5.94. The molecule has 0 bridgehead atoms. The van der Waals surface area contributed by atoms with Gasteiger partial charge in [-0.05, 0) is 37.1 Å². The molecular weight excluding hydrogens is 286 g/mol. The van der Waals surface area contributed by atoms with E-state index in [1.54, 1.807) is 23.3 Å². The molecule has 1 heterocycles. The monoisotopic (exact) mass is 309 g/mol. The molecule has 116 valence electrons. The number of rotatable bonds is 5. The predicted molar refractivity (Wildman–Crippen MR) is 83.1 cm³/mol. The van der Waals surface area contributed by atoms with Crippen LogP contribution in [0, 0.1) is 17.8 Å². The molecule has 1 aliphatic rings. The predicted octanol–water partition coefficient (Wildman–Crippen LogP) is 3.40. The van der Waals surface area contributed by atoms with Gasteiger partial charge in [-0.25, -0.2) is 0 Å². The fourth-order valence-corrected chi connectivity index (χ4v) is 4.02. The van der Waals surface area contributed by atoms with E-state index < -0.39 is 11.9 Å². The summed E-state index contributed by atoms with van der Waals surface area (Å²) < 4.78 is 0. The van der Waals surface area contributed by atoms with Crippen molar-refractivity contribution >= 4 is 23.2 Å². The largest absolute Gasteiger partial charge is 0.481 e. The second-order valence-corrected chi connectivity index (χ2v) is 6.92. The molecule has 1 aliphatic carbocycles. The summed E-state index contributed by atoms with van der Waals surface area (Å²) in [6.45, 7) is 4.06. The highest BCUT2D eigenvalue weighted by Crippen LogP contribution is 2.40. The smallest absolute Gasteiger partial charge is 0.307 e. The van der Waals surface area contributed by atoms with Crippen LogP contribution in [0.4, 0.5) is 0 Å². The van der Waals surface area contributed by atoms with Crippen molar-refractivity contribution in [1.82, 2.24) is 4.90 Å². The van der Waals surface area contributed by atoms with Crippen LogP contribution in [0.15, 0.2) is 17.5 Å². The van der Waals surface area contributed by atoms with Crippen molar-refractivity contribution < 1.29 is 14.7 Å². The molecule has 1 N–H and O–H groups in total. The molecule has 1 amide bonds. The van der Waals surface area contributed by atoms with Crippen LogP contribution < -0.4 is 0 Å². The van der Waals surface area contributed by atoms with Crippen LogP contribution in [-0.2, 0) is 9.59 Å². The Morgan fingerprint density at radius 1 is 1.43 bits per heavy atom. The molecule has 1 aromatic heterocycles. The Kier molecular flexibility index (Phi) is 5.04. The molecule has 0 saturated heterocycles. The maximum Gasteiger partial charge on any atom is 0.307 e. The molecule has 4 nitrogen and oxygen atoms in total. The first-order valence-corrected chi connectivity index (χ1v) is 8.36. The Bertz CT molecular complexity index is 500. The van der Waals surface area contributed by atoms with Crippen LogP contribution in [0.5, 0.6) is 0 Å². The van der Waals surface area contributed by atoms with Crippen LogP contribution in [0.1, 0.15) is 44.0 Å². The third-order valence-corrected chi connectivity index (χ3v) is 5.80. The number of carboxylic acids is 1. The van der Waals surface area contributed by atoms with E-state index in [4.69, 9.17) is 0 Å². The van der Waals surface area contributed by atoms with Crippen LogP contribution >= 0.6 is 11.3 Å². The molecule has 0 radical (unpaired) electrons. The number of nitrogens with zero attached hydrogens (tertiary/aromatic N) is 1. The van der Waals surface area contributed by atoms with Gasteiger partial charge in [0, 0.05) is 11.9 Å². The Hall–Kier alpha value is -1.36. The average molecular weight is 309 g/mol. The van der Waals surface area contributed by atoms with E-state index in [0.717, 1.165) is 11.3 Å². The Morgan fingerprint density at radius 2 is 2.10 bits per heavy atom. The first kappa shape index (κ1) is 16.0. The minimum Gasteiger partial charge on any atom is -0.481 e. The summed E-state index contributed by atoms with van der Waals surface area (Å²) in [4.78, 5) is 27.0. The Balaban J connectivity index is 2.12. The van der Waals surface area contributed by atoms with Crippen molar-refractivity contribution in [3.8, 4) is 0 Å². The van der Waals surface area contributed by atoms with Gasteiger partial charge < -0.3 is 10.0 Å². The van der Waals surface area contributed by atoms with E-state index >= 15 is 0 Å². The van der Waals surface area contributed by atoms with E-state index in [9.17, 15) is 14.7 Å². The Morgan fingerprint density at radius 3 is 2.62 bits per heavy atom. The first-order chi connectivity index (χ1) is 9.95.